The Morgan fingerprint density at radius 3 is 2.22 bits per heavy atom. The second-order valence-electron chi connectivity index (χ2n) is 11.1. The molecular formula is C28H35ClN2O4S. The van der Waals surface area contributed by atoms with Gasteiger partial charge in [0.1, 0.15) is 18.9 Å². The molecule has 1 N–H and O–H groups in total. The quantitative estimate of drug-likeness (QED) is 0.459. The highest BCUT2D eigenvalue weighted by Crippen LogP contribution is 2.60. The molecule has 8 heteroatoms. The highest BCUT2D eigenvalue weighted by atomic mass is 35.5. The summed E-state index contributed by atoms with van der Waals surface area (Å²) < 4.78 is 31.9. The number of hydrogen-bond acceptors (Lipinski definition) is 4. The lowest BCUT2D eigenvalue weighted by Crippen LogP contribution is -2.48. The highest BCUT2D eigenvalue weighted by Gasteiger charge is 2.51. The van der Waals surface area contributed by atoms with E-state index >= 15 is 0 Å². The van der Waals surface area contributed by atoms with Crippen LogP contribution in [0.2, 0.25) is 5.02 Å². The highest BCUT2D eigenvalue weighted by molar-refractivity contribution is 7.92. The number of carbonyl (C=O) groups is 1. The average Bonchev–Trinajstić information content (AvgIpc) is 2.81. The molecule has 6 nitrogen and oxygen atoms in total. The summed E-state index contributed by atoms with van der Waals surface area (Å²) >= 11 is 6.11. The Balaban J connectivity index is 1.20. The molecule has 0 heterocycles. The first-order chi connectivity index (χ1) is 17.1. The van der Waals surface area contributed by atoms with Gasteiger partial charge in [-0.1, -0.05) is 29.8 Å². The second-order valence-corrected chi connectivity index (χ2v) is 13.4. The van der Waals surface area contributed by atoms with Crippen molar-refractivity contribution in [2.24, 2.45) is 17.8 Å². The van der Waals surface area contributed by atoms with E-state index < -0.39 is 10.0 Å². The van der Waals surface area contributed by atoms with Gasteiger partial charge in [-0.3, -0.25) is 9.10 Å². The molecule has 4 aliphatic rings. The molecule has 0 atom stereocenters. The maximum Gasteiger partial charge on any atom is 0.240 e. The van der Waals surface area contributed by atoms with Crippen molar-refractivity contribution in [2.75, 3.05) is 30.3 Å². The smallest absolute Gasteiger partial charge is 0.240 e. The molecule has 0 saturated heterocycles. The SMILES string of the molecule is Cc1ccc(OCCNC(=O)CN(c2ccc(C34CC5CC(CC(C5)C3)C4)cc2)S(C)(=O)=O)cc1Cl. The fraction of sp³-hybridized carbons (Fsp3) is 0.536. The van der Waals surface area contributed by atoms with Crippen molar-refractivity contribution in [2.45, 2.75) is 50.9 Å². The third-order valence-corrected chi connectivity index (χ3v) is 9.88. The van der Waals surface area contributed by atoms with Crippen molar-refractivity contribution >= 4 is 33.2 Å². The minimum atomic E-state index is -3.63. The van der Waals surface area contributed by atoms with Gasteiger partial charge in [-0.25, -0.2) is 8.42 Å². The van der Waals surface area contributed by atoms with E-state index in [0.29, 0.717) is 16.5 Å². The summed E-state index contributed by atoms with van der Waals surface area (Å²) in [6.45, 7) is 2.15. The van der Waals surface area contributed by atoms with Crippen molar-refractivity contribution in [3.05, 3.63) is 58.6 Å². The van der Waals surface area contributed by atoms with Gasteiger partial charge in [0.2, 0.25) is 15.9 Å². The van der Waals surface area contributed by atoms with E-state index in [-0.39, 0.29) is 31.0 Å². The average molecular weight is 531 g/mol. The Labute approximate surface area is 219 Å². The minimum absolute atomic E-state index is 0.252. The molecule has 0 radical (unpaired) electrons. The van der Waals surface area contributed by atoms with E-state index in [9.17, 15) is 13.2 Å². The number of carbonyl (C=O) groups excluding carboxylic acids is 1. The Morgan fingerprint density at radius 2 is 1.67 bits per heavy atom. The predicted molar refractivity (Wildman–Crippen MR) is 143 cm³/mol. The summed E-state index contributed by atoms with van der Waals surface area (Å²) in [5.74, 6) is 2.78. The maximum absolute atomic E-state index is 12.6. The Hall–Kier alpha value is -2.25. The van der Waals surface area contributed by atoms with Gasteiger partial charge in [0, 0.05) is 5.02 Å². The van der Waals surface area contributed by atoms with Crippen molar-refractivity contribution in [1.82, 2.24) is 5.32 Å². The zero-order valence-electron chi connectivity index (χ0n) is 21.0. The number of nitrogens with zero attached hydrogens (tertiary/aromatic N) is 1. The van der Waals surface area contributed by atoms with Crippen LogP contribution < -0.4 is 14.4 Å². The number of hydrogen-bond donors (Lipinski definition) is 1. The standard InChI is InChI=1S/C28H35ClN2O4S/c1-19-3-8-25(14-26(19)29)35-10-9-30-27(32)18-31(36(2,33)34)24-6-4-23(5-7-24)28-15-20-11-21(16-28)13-22(12-20)17-28/h3-8,14,20-22H,9-13,15-18H2,1-2H3,(H,30,32). The molecule has 0 spiro atoms. The zero-order chi connectivity index (χ0) is 25.5. The molecule has 4 saturated carbocycles. The summed E-state index contributed by atoms with van der Waals surface area (Å²) in [5, 5.41) is 3.37. The number of aryl methyl sites for hydroxylation is 1. The van der Waals surface area contributed by atoms with Crippen LogP contribution in [0.4, 0.5) is 5.69 Å². The number of sulfonamides is 1. The molecule has 0 unspecified atom stereocenters. The number of ether oxygens (including phenoxy) is 1. The predicted octanol–water partition coefficient (Wildman–Crippen LogP) is 5.08. The molecule has 4 bridgehead atoms. The first-order valence-corrected chi connectivity index (χ1v) is 15.1. The fourth-order valence-electron chi connectivity index (χ4n) is 7.05. The summed E-state index contributed by atoms with van der Waals surface area (Å²) in [7, 11) is -3.63. The fourth-order valence-corrected chi connectivity index (χ4v) is 8.08. The Morgan fingerprint density at radius 1 is 1.06 bits per heavy atom. The van der Waals surface area contributed by atoms with Crippen molar-refractivity contribution < 1.29 is 17.9 Å². The van der Waals surface area contributed by atoms with Crippen LogP contribution in [0.25, 0.3) is 0 Å². The number of amides is 1. The topological polar surface area (TPSA) is 75.7 Å². The van der Waals surface area contributed by atoms with Crippen LogP contribution in [0.5, 0.6) is 5.75 Å². The summed E-state index contributed by atoms with van der Waals surface area (Å²) in [6, 6.07) is 13.4. The van der Waals surface area contributed by atoms with Crippen LogP contribution >= 0.6 is 11.6 Å². The van der Waals surface area contributed by atoms with Gasteiger partial charge in [0.05, 0.1) is 18.5 Å². The summed E-state index contributed by atoms with van der Waals surface area (Å²) in [6.07, 6.45) is 9.07. The van der Waals surface area contributed by atoms with Crippen molar-refractivity contribution in [3.63, 3.8) is 0 Å². The van der Waals surface area contributed by atoms with E-state index in [1.807, 2.05) is 31.2 Å². The number of anilines is 1. The number of rotatable bonds is 9. The van der Waals surface area contributed by atoms with Crippen LogP contribution in [0.3, 0.4) is 0 Å². The zero-order valence-corrected chi connectivity index (χ0v) is 22.6. The van der Waals surface area contributed by atoms with Gasteiger partial charge in [-0.05, 0) is 104 Å². The first kappa shape index (κ1) is 25.4. The van der Waals surface area contributed by atoms with Gasteiger partial charge in [0.15, 0.2) is 0 Å². The number of halogens is 1. The lowest BCUT2D eigenvalue weighted by Gasteiger charge is -2.57. The molecule has 0 aliphatic heterocycles. The van der Waals surface area contributed by atoms with Gasteiger partial charge >= 0.3 is 0 Å². The summed E-state index contributed by atoms with van der Waals surface area (Å²) in [4.78, 5) is 12.6. The number of benzene rings is 2. The first-order valence-electron chi connectivity index (χ1n) is 12.9. The van der Waals surface area contributed by atoms with E-state index in [4.69, 9.17) is 16.3 Å². The molecule has 4 fully saturated rings. The lowest BCUT2D eigenvalue weighted by atomic mass is 9.48. The van der Waals surface area contributed by atoms with E-state index in [1.165, 1.54) is 48.4 Å². The molecule has 1 amide bonds. The summed E-state index contributed by atoms with van der Waals surface area (Å²) in [5.41, 5.74) is 3.06. The van der Waals surface area contributed by atoms with E-state index in [2.05, 4.69) is 17.4 Å². The van der Waals surface area contributed by atoms with Gasteiger partial charge in [-0.15, -0.1) is 0 Å². The normalized spacial score (nSPS) is 26.6. The van der Waals surface area contributed by atoms with Crippen molar-refractivity contribution in [3.8, 4) is 5.75 Å². The van der Waals surface area contributed by atoms with Crippen LogP contribution in [-0.4, -0.2) is 40.3 Å². The minimum Gasteiger partial charge on any atom is -0.492 e. The Bertz CT molecular complexity index is 1190. The molecule has 4 aliphatic carbocycles. The molecule has 6 rings (SSSR count). The van der Waals surface area contributed by atoms with Crippen molar-refractivity contribution in [1.29, 1.82) is 0 Å². The third-order valence-electron chi connectivity index (χ3n) is 8.33. The van der Waals surface area contributed by atoms with Crippen LogP contribution in [0.1, 0.15) is 49.7 Å². The third kappa shape index (κ3) is 5.37. The van der Waals surface area contributed by atoms with Gasteiger partial charge in [0.25, 0.3) is 0 Å². The second kappa shape index (κ2) is 9.90. The van der Waals surface area contributed by atoms with Crippen LogP contribution in [-0.2, 0) is 20.2 Å². The van der Waals surface area contributed by atoms with E-state index in [1.54, 1.807) is 6.07 Å². The molecule has 2 aromatic rings. The van der Waals surface area contributed by atoms with E-state index in [0.717, 1.165) is 29.6 Å². The van der Waals surface area contributed by atoms with Crippen LogP contribution in [0.15, 0.2) is 42.5 Å². The number of nitrogens with one attached hydrogen (secondary N) is 1. The lowest BCUT2D eigenvalue weighted by molar-refractivity contribution is -0.119. The molecular weight excluding hydrogens is 496 g/mol. The molecule has 36 heavy (non-hydrogen) atoms. The van der Waals surface area contributed by atoms with Gasteiger partial charge in [-0.2, -0.15) is 0 Å². The molecule has 0 aromatic heterocycles. The molecule has 194 valence electrons. The Kier molecular flexibility index (Phi) is 6.98. The monoisotopic (exact) mass is 530 g/mol. The largest absolute Gasteiger partial charge is 0.492 e. The van der Waals surface area contributed by atoms with Crippen LogP contribution in [0, 0.1) is 24.7 Å². The van der Waals surface area contributed by atoms with Gasteiger partial charge < -0.3 is 10.1 Å². The maximum atomic E-state index is 12.6. The molecule has 2 aromatic carbocycles.